The van der Waals surface area contributed by atoms with Crippen LogP contribution in [0.4, 0.5) is 0 Å². The molecule has 0 aliphatic rings. The van der Waals surface area contributed by atoms with Crippen LogP contribution < -0.4 is 4.74 Å². The average molecular weight is 260 g/mol. The molecule has 0 atom stereocenters. The van der Waals surface area contributed by atoms with E-state index in [0.29, 0.717) is 18.8 Å². The summed E-state index contributed by atoms with van der Waals surface area (Å²) in [6.07, 6.45) is 3.95. The van der Waals surface area contributed by atoms with Crippen molar-refractivity contribution in [3.05, 3.63) is 12.4 Å². The molecule has 0 saturated carbocycles. The normalized spacial score (nSPS) is 12.0. The van der Waals surface area contributed by atoms with Crippen LogP contribution >= 0.6 is 0 Å². The van der Waals surface area contributed by atoms with E-state index in [1.165, 1.54) is 0 Å². The Morgan fingerprint density at radius 2 is 2.18 bits per heavy atom. The Kier molecular flexibility index (Phi) is 4.99. The first kappa shape index (κ1) is 14.0. The Hall–Kier alpha value is -1.04. The van der Waals surface area contributed by atoms with Crippen molar-refractivity contribution in [3.8, 4) is 5.75 Å². The fraction of sp³-hybridized carbons (Fsp3) is 0.727. The van der Waals surface area contributed by atoms with Gasteiger partial charge in [-0.2, -0.15) is 5.10 Å². The number of aryl methyl sites for hydroxylation is 1. The van der Waals surface area contributed by atoms with Gasteiger partial charge in [0.1, 0.15) is 0 Å². The Bertz CT molecular complexity index is 437. The minimum atomic E-state index is -2.95. The molecular weight excluding hydrogens is 240 g/mol. The van der Waals surface area contributed by atoms with Crippen LogP contribution in [-0.2, 0) is 16.4 Å². The van der Waals surface area contributed by atoms with E-state index in [-0.39, 0.29) is 11.0 Å². The van der Waals surface area contributed by atoms with Crippen molar-refractivity contribution in [2.75, 3.05) is 12.4 Å². The predicted octanol–water partition coefficient (Wildman–Crippen LogP) is 1.50. The number of sulfone groups is 1. The van der Waals surface area contributed by atoms with Gasteiger partial charge in [-0.3, -0.25) is 4.68 Å². The van der Waals surface area contributed by atoms with E-state index in [1.54, 1.807) is 30.9 Å². The van der Waals surface area contributed by atoms with Crippen molar-refractivity contribution in [1.82, 2.24) is 9.78 Å². The average Bonchev–Trinajstić information content (AvgIpc) is 2.72. The fourth-order valence-corrected chi connectivity index (χ4v) is 2.27. The van der Waals surface area contributed by atoms with Gasteiger partial charge >= 0.3 is 0 Å². The molecule has 5 nitrogen and oxygen atoms in total. The lowest BCUT2D eigenvalue weighted by molar-refractivity contribution is 0.317. The van der Waals surface area contributed by atoms with Crippen LogP contribution in [0.2, 0.25) is 0 Å². The molecule has 0 spiro atoms. The van der Waals surface area contributed by atoms with Crippen molar-refractivity contribution in [1.29, 1.82) is 0 Å². The van der Waals surface area contributed by atoms with Gasteiger partial charge in [0.05, 0.1) is 30.0 Å². The smallest absolute Gasteiger partial charge is 0.157 e. The zero-order valence-electron chi connectivity index (χ0n) is 10.6. The predicted molar refractivity (Wildman–Crippen MR) is 66.9 cm³/mol. The summed E-state index contributed by atoms with van der Waals surface area (Å²) in [5.74, 6) is 0.862. The third-order valence-electron chi connectivity index (χ3n) is 2.49. The zero-order chi connectivity index (χ0) is 12.9. The number of hydrogen-bond acceptors (Lipinski definition) is 4. The van der Waals surface area contributed by atoms with Crippen LogP contribution in [0.5, 0.6) is 5.75 Å². The second-order valence-electron chi connectivity index (χ2n) is 4.15. The Labute approximate surface area is 103 Å². The number of aromatic nitrogens is 2. The van der Waals surface area contributed by atoms with Gasteiger partial charge in [0.2, 0.25) is 0 Å². The van der Waals surface area contributed by atoms with Crippen molar-refractivity contribution in [2.45, 2.75) is 39.0 Å². The first-order chi connectivity index (χ1) is 7.95. The molecule has 1 aromatic rings. The Morgan fingerprint density at radius 1 is 1.47 bits per heavy atom. The lowest BCUT2D eigenvalue weighted by Gasteiger charge is -2.07. The van der Waals surface area contributed by atoms with E-state index in [1.807, 2.05) is 6.92 Å². The summed E-state index contributed by atoms with van der Waals surface area (Å²) < 4.78 is 30.2. The number of rotatable bonds is 7. The summed E-state index contributed by atoms with van der Waals surface area (Å²) in [6.45, 7) is 6.58. The molecule has 0 N–H and O–H groups in total. The van der Waals surface area contributed by atoms with Crippen molar-refractivity contribution in [2.24, 2.45) is 0 Å². The minimum Gasteiger partial charge on any atom is -0.490 e. The van der Waals surface area contributed by atoms with Crippen LogP contribution in [-0.4, -0.2) is 35.8 Å². The van der Waals surface area contributed by atoms with Crippen LogP contribution in [0.25, 0.3) is 0 Å². The summed E-state index contributed by atoms with van der Waals surface area (Å²) >= 11 is 0. The van der Waals surface area contributed by atoms with Gasteiger partial charge < -0.3 is 4.74 Å². The van der Waals surface area contributed by atoms with Crippen LogP contribution in [0.3, 0.4) is 0 Å². The molecule has 0 unspecified atom stereocenters. The van der Waals surface area contributed by atoms with E-state index in [0.717, 1.165) is 6.54 Å². The van der Waals surface area contributed by atoms with Gasteiger partial charge in [0.25, 0.3) is 0 Å². The van der Waals surface area contributed by atoms with Crippen LogP contribution in [0.1, 0.15) is 27.2 Å². The molecule has 0 aromatic carbocycles. The third-order valence-corrected chi connectivity index (χ3v) is 4.79. The van der Waals surface area contributed by atoms with E-state index in [4.69, 9.17) is 4.74 Å². The van der Waals surface area contributed by atoms with Crippen LogP contribution in [0, 0.1) is 0 Å². The molecule has 0 radical (unpaired) electrons. The lowest BCUT2D eigenvalue weighted by Crippen LogP contribution is -2.19. The van der Waals surface area contributed by atoms with Crippen molar-refractivity contribution >= 4 is 9.84 Å². The first-order valence-electron chi connectivity index (χ1n) is 5.82. The lowest BCUT2D eigenvalue weighted by atomic mass is 10.5. The monoisotopic (exact) mass is 260 g/mol. The summed E-state index contributed by atoms with van der Waals surface area (Å²) in [5, 5.41) is 3.75. The highest BCUT2D eigenvalue weighted by atomic mass is 32.2. The Balaban J connectivity index is 2.29. The largest absolute Gasteiger partial charge is 0.490 e. The molecule has 0 aliphatic heterocycles. The summed E-state index contributed by atoms with van der Waals surface area (Å²) in [4.78, 5) is 0. The van der Waals surface area contributed by atoms with Gasteiger partial charge in [0.15, 0.2) is 15.6 Å². The topological polar surface area (TPSA) is 61.2 Å². The van der Waals surface area contributed by atoms with E-state index >= 15 is 0 Å². The number of nitrogens with zero attached hydrogens (tertiary/aromatic N) is 2. The van der Waals surface area contributed by atoms with Crippen LogP contribution in [0.15, 0.2) is 12.4 Å². The fourth-order valence-electron chi connectivity index (χ4n) is 1.28. The molecule has 0 fully saturated rings. The summed E-state index contributed by atoms with van der Waals surface area (Å²) in [5.41, 5.74) is 0. The van der Waals surface area contributed by atoms with Crippen molar-refractivity contribution in [3.63, 3.8) is 0 Å². The third kappa shape index (κ3) is 4.38. The van der Waals surface area contributed by atoms with Gasteiger partial charge in [-0.05, 0) is 27.2 Å². The first-order valence-corrected chi connectivity index (χ1v) is 7.54. The molecule has 1 rings (SSSR count). The molecule has 98 valence electrons. The Morgan fingerprint density at radius 3 is 2.71 bits per heavy atom. The maximum atomic E-state index is 11.5. The number of ether oxygens (including phenoxy) is 1. The molecule has 6 heteroatoms. The van der Waals surface area contributed by atoms with E-state index in [2.05, 4.69) is 5.10 Å². The summed E-state index contributed by atoms with van der Waals surface area (Å²) in [6, 6.07) is 0. The highest BCUT2D eigenvalue weighted by Gasteiger charge is 2.15. The maximum Gasteiger partial charge on any atom is 0.157 e. The molecule has 0 amide bonds. The standard InChI is InChI=1S/C11H20N2O3S/c1-4-13-9-11(8-12-13)16-6-5-7-17(14,15)10(2)3/h8-10H,4-7H2,1-3H3. The highest BCUT2D eigenvalue weighted by molar-refractivity contribution is 7.91. The summed E-state index contributed by atoms with van der Waals surface area (Å²) in [7, 11) is -2.95. The minimum absolute atomic E-state index is 0.173. The van der Waals surface area contributed by atoms with Gasteiger partial charge in [-0.25, -0.2) is 8.42 Å². The second kappa shape index (κ2) is 6.05. The second-order valence-corrected chi connectivity index (χ2v) is 6.83. The quantitative estimate of drug-likeness (QED) is 0.697. The maximum absolute atomic E-state index is 11.5. The zero-order valence-corrected chi connectivity index (χ0v) is 11.4. The SMILES string of the molecule is CCn1cc(OCCCS(=O)(=O)C(C)C)cn1. The molecule has 0 aliphatic carbocycles. The van der Waals surface area contributed by atoms with E-state index < -0.39 is 9.84 Å². The molecule has 17 heavy (non-hydrogen) atoms. The number of hydrogen-bond donors (Lipinski definition) is 0. The van der Waals surface area contributed by atoms with Crippen molar-refractivity contribution < 1.29 is 13.2 Å². The van der Waals surface area contributed by atoms with Gasteiger partial charge in [0, 0.05) is 6.54 Å². The van der Waals surface area contributed by atoms with E-state index in [9.17, 15) is 8.42 Å². The molecule has 1 aromatic heterocycles. The van der Waals surface area contributed by atoms with Gasteiger partial charge in [-0.15, -0.1) is 0 Å². The van der Waals surface area contributed by atoms with Gasteiger partial charge in [-0.1, -0.05) is 0 Å². The molecule has 0 saturated heterocycles. The molecule has 0 bridgehead atoms. The highest BCUT2D eigenvalue weighted by Crippen LogP contribution is 2.09. The molecule has 1 heterocycles. The molecular formula is C11H20N2O3S.